The summed E-state index contributed by atoms with van der Waals surface area (Å²) in [5.74, 6) is -0.0101. The zero-order chi connectivity index (χ0) is 20.4. The van der Waals surface area contributed by atoms with Crippen LogP contribution in [0.3, 0.4) is 0 Å². The fourth-order valence-corrected chi connectivity index (χ4v) is 4.49. The smallest absolute Gasteiger partial charge is 0.260 e. The second-order valence-corrected chi connectivity index (χ2v) is 8.38. The lowest BCUT2D eigenvalue weighted by Crippen LogP contribution is -2.32. The minimum absolute atomic E-state index is 0.0101. The van der Waals surface area contributed by atoms with Crippen LogP contribution in [0.1, 0.15) is 33.5 Å². The third-order valence-corrected chi connectivity index (χ3v) is 6.17. The maximum absolute atomic E-state index is 13.4. The lowest BCUT2D eigenvalue weighted by molar-refractivity contribution is 0.0986. The van der Waals surface area contributed by atoms with Gasteiger partial charge in [-0.05, 0) is 56.5 Å². The van der Waals surface area contributed by atoms with E-state index in [1.165, 1.54) is 11.1 Å². The van der Waals surface area contributed by atoms with Crippen LogP contribution in [0.25, 0.3) is 10.2 Å². The van der Waals surface area contributed by atoms with Gasteiger partial charge in [0.05, 0.1) is 16.5 Å². The van der Waals surface area contributed by atoms with E-state index in [9.17, 15) is 4.79 Å². The molecular weight excluding hydrogens is 380 g/mol. The molecule has 0 saturated carbocycles. The van der Waals surface area contributed by atoms with Gasteiger partial charge in [0.1, 0.15) is 0 Å². The maximum Gasteiger partial charge on any atom is 0.260 e. The van der Waals surface area contributed by atoms with Gasteiger partial charge in [0.15, 0.2) is 5.13 Å². The number of carbonyl (C=O) groups excluding carboxylic acids is 1. The lowest BCUT2D eigenvalue weighted by atomic mass is 10.1. The monoisotopic (exact) mass is 404 g/mol. The van der Waals surface area contributed by atoms with Gasteiger partial charge in [-0.15, -0.1) is 0 Å². The second kappa shape index (κ2) is 8.17. The Labute approximate surface area is 174 Å². The van der Waals surface area contributed by atoms with Crippen LogP contribution in [0, 0.1) is 20.8 Å². The van der Waals surface area contributed by atoms with Gasteiger partial charge in [-0.3, -0.25) is 9.69 Å². The number of hydrogen-bond donors (Lipinski definition) is 0. The van der Waals surface area contributed by atoms with Crippen molar-refractivity contribution in [2.75, 3.05) is 11.4 Å². The molecule has 0 fully saturated rings. The molecule has 2 aromatic heterocycles. The number of aromatic nitrogens is 3. The van der Waals surface area contributed by atoms with Crippen LogP contribution in [0.15, 0.2) is 55.1 Å². The van der Waals surface area contributed by atoms with Gasteiger partial charge in [0.2, 0.25) is 0 Å². The topological polar surface area (TPSA) is 51.0 Å². The van der Waals surface area contributed by atoms with Gasteiger partial charge in [-0.2, -0.15) is 0 Å². The number of fused-ring (bicyclic) bond motifs is 1. The van der Waals surface area contributed by atoms with Gasteiger partial charge in [-0.25, -0.2) is 9.97 Å². The Hall–Kier alpha value is -2.99. The highest BCUT2D eigenvalue weighted by Gasteiger charge is 2.21. The first-order valence-electron chi connectivity index (χ1n) is 9.73. The number of aryl methyl sites for hydroxylation is 4. The molecule has 0 saturated heterocycles. The van der Waals surface area contributed by atoms with Gasteiger partial charge in [-0.1, -0.05) is 35.1 Å². The first kappa shape index (κ1) is 19.3. The highest BCUT2D eigenvalue weighted by atomic mass is 32.1. The third-order valence-electron chi connectivity index (χ3n) is 4.94. The number of nitrogens with zero attached hydrogens (tertiary/aromatic N) is 4. The predicted molar refractivity (Wildman–Crippen MR) is 119 cm³/mol. The Kier molecular flexibility index (Phi) is 5.45. The van der Waals surface area contributed by atoms with Crippen LogP contribution in [0.5, 0.6) is 0 Å². The highest BCUT2D eigenvalue weighted by Crippen LogP contribution is 2.33. The molecule has 0 N–H and O–H groups in total. The zero-order valence-corrected chi connectivity index (χ0v) is 17.7. The molecule has 0 unspecified atom stereocenters. The van der Waals surface area contributed by atoms with Crippen molar-refractivity contribution in [1.82, 2.24) is 14.5 Å². The minimum Gasteiger partial charge on any atom is -0.337 e. The number of amides is 1. The van der Waals surface area contributed by atoms with Crippen molar-refractivity contribution >= 4 is 32.6 Å². The molecule has 4 aromatic rings. The van der Waals surface area contributed by atoms with Crippen molar-refractivity contribution in [3.05, 3.63) is 77.4 Å². The molecule has 6 heteroatoms. The first-order chi connectivity index (χ1) is 14.0. The molecule has 0 atom stereocenters. The number of hydrogen-bond acceptors (Lipinski definition) is 4. The van der Waals surface area contributed by atoms with E-state index in [0.29, 0.717) is 12.1 Å². The number of thiazole rings is 1. The van der Waals surface area contributed by atoms with E-state index >= 15 is 0 Å². The largest absolute Gasteiger partial charge is 0.337 e. The molecule has 5 nitrogen and oxygen atoms in total. The molecule has 0 aliphatic rings. The molecule has 4 rings (SSSR count). The predicted octanol–water partition coefficient (Wildman–Crippen LogP) is 5.16. The standard InChI is InChI=1S/C23H24N4OS/c1-16-5-7-19(8-6-16)22(28)27(11-4-10-26-12-9-24-15-26)23-25-20-14-17(2)13-18(3)21(20)29-23/h5-9,12-15H,4,10-11H2,1-3H3. The van der Waals surface area contributed by atoms with E-state index < -0.39 is 0 Å². The molecular formula is C23H24N4OS. The van der Waals surface area contributed by atoms with E-state index in [1.54, 1.807) is 23.9 Å². The lowest BCUT2D eigenvalue weighted by Gasteiger charge is -2.20. The number of imidazole rings is 1. The Morgan fingerprint density at radius 1 is 1.10 bits per heavy atom. The third kappa shape index (κ3) is 4.22. The first-order valence-corrected chi connectivity index (χ1v) is 10.5. The van der Waals surface area contributed by atoms with E-state index in [-0.39, 0.29) is 5.91 Å². The van der Waals surface area contributed by atoms with E-state index in [0.717, 1.165) is 33.9 Å². The molecule has 29 heavy (non-hydrogen) atoms. The van der Waals surface area contributed by atoms with Gasteiger partial charge in [0.25, 0.3) is 5.91 Å². The van der Waals surface area contributed by atoms with Crippen molar-refractivity contribution in [2.45, 2.75) is 33.7 Å². The maximum atomic E-state index is 13.4. The van der Waals surface area contributed by atoms with Crippen LogP contribution in [0.4, 0.5) is 5.13 Å². The molecule has 0 spiro atoms. The van der Waals surface area contributed by atoms with Crippen molar-refractivity contribution in [3.63, 3.8) is 0 Å². The molecule has 0 aliphatic carbocycles. The van der Waals surface area contributed by atoms with E-state index in [1.807, 2.05) is 46.9 Å². The van der Waals surface area contributed by atoms with Gasteiger partial charge >= 0.3 is 0 Å². The quantitative estimate of drug-likeness (QED) is 0.446. The summed E-state index contributed by atoms with van der Waals surface area (Å²) in [6.45, 7) is 7.60. The highest BCUT2D eigenvalue weighted by molar-refractivity contribution is 7.22. The van der Waals surface area contributed by atoms with Crippen molar-refractivity contribution in [3.8, 4) is 0 Å². The van der Waals surface area contributed by atoms with Crippen LogP contribution in [-0.4, -0.2) is 27.0 Å². The summed E-state index contributed by atoms with van der Waals surface area (Å²) in [7, 11) is 0. The zero-order valence-electron chi connectivity index (χ0n) is 16.9. The normalized spacial score (nSPS) is 11.1. The fourth-order valence-electron chi connectivity index (χ4n) is 3.45. The Morgan fingerprint density at radius 3 is 2.62 bits per heavy atom. The van der Waals surface area contributed by atoms with Crippen LogP contribution < -0.4 is 4.90 Å². The van der Waals surface area contributed by atoms with Gasteiger partial charge in [0, 0.05) is 31.0 Å². The summed E-state index contributed by atoms with van der Waals surface area (Å²) in [5.41, 5.74) is 5.16. The van der Waals surface area contributed by atoms with Crippen molar-refractivity contribution in [2.24, 2.45) is 0 Å². The second-order valence-electron chi connectivity index (χ2n) is 7.40. The van der Waals surface area contributed by atoms with Crippen LogP contribution in [-0.2, 0) is 6.54 Å². The summed E-state index contributed by atoms with van der Waals surface area (Å²) in [4.78, 5) is 24.1. The summed E-state index contributed by atoms with van der Waals surface area (Å²) in [5, 5.41) is 0.755. The van der Waals surface area contributed by atoms with Crippen molar-refractivity contribution in [1.29, 1.82) is 0 Å². The molecule has 2 heterocycles. The molecule has 2 aromatic carbocycles. The average Bonchev–Trinajstić information content (AvgIpc) is 3.35. The summed E-state index contributed by atoms with van der Waals surface area (Å²) < 4.78 is 3.17. The number of benzene rings is 2. The SMILES string of the molecule is Cc1ccc(C(=O)N(CCCn2ccnc2)c2nc3cc(C)cc(C)c3s2)cc1. The average molecular weight is 405 g/mol. The summed E-state index contributed by atoms with van der Waals surface area (Å²) in [6, 6.07) is 12.0. The van der Waals surface area contributed by atoms with Crippen LogP contribution in [0.2, 0.25) is 0 Å². The van der Waals surface area contributed by atoms with Crippen LogP contribution >= 0.6 is 11.3 Å². The van der Waals surface area contributed by atoms with Crippen molar-refractivity contribution < 1.29 is 4.79 Å². The molecule has 0 radical (unpaired) electrons. The molecule has 148 valence electrons. The number of anilines is 1. The Morgan fingerprint density at radius 2 is 1.90 bits per heavy atom. The minimum atomic E-state index is -0.0101. The molecule has 0 aliphatic heterocycles. The van der Waals surface area contributed by atoms with E-state index in [4.69, 9.17) is 4.98 Å². The molecule has 0 bridgehead atoms. The molecule has 1 amide bonds. The number of rotatable bonds is 6. The summed E-state index contributed by atoms with van der Waals surface area (Å²) in [6.07, 6.45) is 6.34. The van der Waals surface area contributed by atoms with E-state index in [2.05, 4.69) is 31.0 Å². The fraction of sp³-hybridized carbons (Fsp3) is 0.261. The Balaban J connectivity index is 1.66. The number of carbonyl (C=O) groups is 1. The Bertz CT molecular complexity index is 1130. The van der Waals surface area contributed by atoms with Gasteiger partial charge < -0.3 is 4.57 Å². The summed E-state index contributed by atoms with van der Waals surface area (Å²) >= 11 is 1.59.